The van der Waals surface area contributed by atoms with Crippen molar-refractivity contribution in [3.8, 4) is 55.6 Å². The van der Waals surface area contributed by atoms with E-state index < -0.39 is 0 Å². The van der Waals surface area contributed by atoms with Crippen LogP contribution in [0.1, 0.15) is 0 Å². The number of thiophene rings is 1. The van der Waals surface area contributed by atoms with E-state index in [2.05, 4.69) is 229 Å². The third-order valence-corrected chi connectivity index (χ3v) is 11.9. The first kappa shape index (κ1) is 33.6. The second kappa shape index (κ2) is 14.7. The summed E-state index contributed by atoms with van der Waals surface area (Å²) in [4.78, 5) is 2.42. The summed E-state index contributed by atoms with van der Waals surface area (Å²) in [6.07, 6.45) is 0. The summed E-state index contributed by atoms with van der Waals surface area (Å²) < 4.78 is 2.56. The lowest BCUT2D eigenvalue weighted by Gasteiger charge is -2.26. The minimum absolute atomic E-state index is 1.11. The zero-order valence-electron chi connectivity index (χ0n) is 30.7. The van der Waals surface area contributed by atoms with Crippen molar-refractivity contribution in [1.82, 2.24) is 0 Å². The van der Waals surface area contributed by atoms with Gasteiger partial charge in [-0.15, -0.1) is 11.3 Å². The lowest BCUT2D eigenvalue weighted by atomic mass is 9.98. The molecule has 9 aromatic carbocycles. The van der Waals surface area contributed by atoms with Gasteiger partial charge in [-0.1, -0.05) is 176 Å². The molecule has 0 bridgehead atoms. The first-order chi connectivity index (χ1) is 27.7. The van der Waals surface area contributed by atoms with Crippen molar-refractivity contribution in [2.75, 3.05) is 4.90 Å². The third-order valence-electron chi connectivity index (χ3n) is 10.7. The smallest absolute Gasteiger partial charge is 0.0640 e. The normalized spacial score (nSPS) is 11.2. The van der Waals surface area contributed by atoms with Crippen LogP contribution < -0.4 is 4.90 Å². The van der Waals surface area contributed by atoms with Crippen LogP contribution in [-0.2, 0) is 0 Å². The van der Waals surface area contributed by atoms with Gasteiger partial charge in [-0.2, -0.15) is 0 Å². The SMILES string of the molecule is c1ccc(-c2cccc(-c3ccc(N(c4ccc(-c5cccc(-c6ccccc6)c5)cc4)c4cccc5c4sc4cc(-c6ccccc6)ccc45)cc3)c2)cc1. The summed E-state index contributed by atoms with van der Waals surface area (Å²) in [5, 5.41) is 2.56. The number of hydrogen-bond acceptors (Lipinski definition) is 2. The molecule has 0 saturated carbocycles. The molecule has 2 heteroatoms. The zero-order chi connectivity index (χ0) is 37.3. The topological polar surface area (TPSA) is 3.24 Å². The van der Waals surface area contributed by atoms with Crippen molar-refractivity contribution >= 4 is 48.6 Å². The molecule has 0 aliphatic rings. The molecule has 10 rings (SSSR count). The van der Waals surface area contributed by atoms with E-state index >= 15 is 0 Å². The van der Waals surface area contributed by atoms with E-state index in [1.807, 2.05) is 11.3 Å². The van der Waals surface area contributed by atoms with Gasteiger partial charge >= 0.3 is 0 Å². The van der Waals surface area contributed by atoms with Crippen molar-refractivity contribution in [3.05, 3.63) is 224 Å². The molecule has 0 atom stereocenters. The van der Waals surface area contributed by atoms with E-state index in [9.17, 15) is 0 Å². The molecule has 0 aliphatic heterocycles. The number of hydrogen-bond donors (Lipinski definition) is 0. The van der Waals surface area contributed by atoms with E-state index in [0.717, 1.165) is 11.4 Å². The van der Waals surface area contributed by atoms with Gasteiger partial charge in [-0.25, -0.2) is 0 Å². The second-order valence-corrected chi connectivity index (χ2v) is 15.2. The van der Waals surface area contributed by atoms with Crippen LogP contribution in [0.3, 0.4) is 0 Å². The van der Waals surface area contributed by atoms with Gasteiger partial charge in [0.2, 0.25) is 0 Å². The van der Waals surface area contributed by atoms with Crippen LogP contribution in [-0.4, -0.2) is 0 Å². The van der Waals surface area contributed by atoms with E-state index in [1.165, 1.54) is 81.5 Å². The van der Waals surface area contributed by atoms with Gasteiger partial charge in [0.05, 0.1) is 10.4 Å². The Labute approximate surface area is 332 Å². The number of fused-ring (bicyclic) bond motifs is 3. The van der Waals surface area contributed by atoms with Crippen molar-refractivity contribution in [1.29, 1.82) is 0 Å². The van der Waals surface area contributed by atoms with Gasteiger partial charge in [0.15, 0.2) is 0 Å². The minimum Gasteiger partial charge on any atom is -0.309 e. The lowest BCUT2D eigenvalue weighted by Crippen LogP contribution is -2.10. The van der Waals surface area contributed by atoms with Crippen LogP contribution >= 0.6 is 11.3 Å². The fraction of sp³-hybridized carbons (Fsp3) is 0. The van der Waals surface area contributed by atoms with Crippen LogP contribution in [0.25, 0.3) is 75.8 Å². The van der Waals surface area contributed by atoms with Crippen LogP contribution in [0.4, 0.5) is 17.1 Å². The molecule has 0 saturated heterocycles. The Morgan fingerprint density at radius 3 is 1.11 bits per heavy atom. The van der Waals surface area contributed by atoms with Gasteiger partial charge in [-0.3, -0.25) is 0 Å². The Hall–Kier alpha value is -7.00. The lowest BCUT2D eigenvalue weighted by molar-refractivity contribution is 1.30. The monoisotopic (exact) mass is 731 g/mol. The molecule has 0 unspecified atom stereocenters. The van der Waals surface area contributed by atoms with Crippen LogP contribution in [0, 0.1) is 0 Å². The van der Waals surface area contributed by atoms with Crippen molar-refractivity contribution in [2.24, 2.45) is 0 Å². The Morgan fingerprint density at radius 1 is 0.268 bits per heavy atom. The average Bonchev–Trinajstić information content (AvgIpc) is 3.67. The van der Waals surface area contributed by atoms with Gasteiger partial charge in [0, 0.05) is 26.8 Å². The summed E-state index contributed by atoms with van der Waals surface area (Å²) in [6, 6.07) is 81.2. The summed E-state index contributed by atoms with van der Waals surface area (Å²) in [7, 11) is 0. The van der Waals surface area contributed by atoms with E-state index in [-0.39, 0.29) is 0 Å². The molecular formula is C54H37NS. The average molecular weight is 732 g/mol. The summed E-state index contributed by atoms with van der Waals surface area (Å²) in [5.74, 6) is 0. The molecule has 10 aromatic rings. The van der Waals surface area contributed by atoms with Gasteiger partial charge in [-0.05, 0) is 104 Å². The predicted molar refractivity (Wildman–Crippen MR) is 241 cm³/mol. The Bertz CT molecular complexity index is 2800. The van der Waals surface area contributed by atoms with Crippen LogP contribution in [0.5, 0.6) is 0 Å². The fourth-order valence-electron chi connectivity index (χ4n) is 7.82. The Kier molecular flexibility index (Phi) is 8.79. The third kappa shape index (κ3) is 6.47. The molecule has 1 aromatic heterocycles. The van der Waals surface area contributed by atoms with E-state index in [0.29, 0.717) is 0 Å². The maximum Gasteiger partial charge on any atom is 0.0640 e. The molecule has 0 aliphatic carbocycles. The van der Waals surface area contributed by atoms with Crippen molar-refractivity contribution in [2.45, 2.75) is 0 Å². The highest BCUT2D eigenvalue weighted by atomic mass is 32.1. The molecule has 0 amide bonds. The van der Waals surface area contributed by atoms with E-state index in [4.69, 9.17) is 0 Å². The predicted octanol–water partition coefficient (Wildman–Crippen LogP) is 15.9. The molecule has 0 N–H and O–H groups in total. The fourth-order valence-corrected chi connectivity index (χ4v) is 9.07. The van der Waals surface area contributed by atoms with E-state index in [1.54, 1.807) is 0 Å². The summed E-state index contributed by atoms with van der Waals surface area (Å²) in [5.41, 5.74) is 15.5. The quantitative estimate of drug-likeness (QED) is 0.150. The Morgan fingerprint density at radius 2 is 0.643 bits per heavy atom. The summed E-state index contributed by atoms with van der Waals surface area (Å²) in [6.45, 7) is 0. The van der Waals surface area contributed by atoms with Crippen molar-refractivity contribution < 1.29 is 0 Å². The van der Waals surface area contributed by atoms with Gasteiger partial charge in [0.25, 0.3) is 0 Å². The molecule has 56 heavy (non-hydrogen) atoms. The highest BCUT2D eigenvalue weighted by Gasteiger charge is 2.19. The maximum absolute atomic E-state index is 2.42. The Balaban J connectivity index is 1.07. The summed E-state index contributed by atoms with van der Waals surface area (Å²) >= 11 is 1.87. The largest absolute Gasteiger partial charge is 0.309 e. The minimum atomic E-state index is 1.11. The molecule has 0 radical (unpaired) electrons. The van der Waals surface area contributed by atoms with Gasteiger partial charge in [0.1, 0.15) is 0 Å². The number of benzene rings is 9. The molecule has 1 heterocycles. The zero-order valence-corrected chi connectivity index (χ0v) is 31.5. The maximum atomic E-state index is 2.42. The van der Waals surface area contributed by atoms with Crippen molar-refractivity contribution in [3.63, 3.8) is 0 Å². The second-order valence-electron chi connectivity index (χ2n) is 14.2. The molecule has 0 spiro atoms. The first-order valence-corrected chi connectivity index (χ1v) is 19.9. The molecule has 1 nitrogen and oxygen atoms in total. The number of rotatable bonds is 8. The molecule has 264 valence electrons. The highest BCUT2D eigenvalue weighted by Crippen LogP contribution is 2.46. The molecular weight excluding hydrogens is 695 g/mol. The number of anilines is 3. The molecule has 0 fully saturated rings. The van der Waals surface area contributed by atoms with Crippen LogP contribution in [0.15, 0.2) is 224 Å². The van der Waals surface area contributed by atoms with Crippen LogP contribution in [0.2, 0.25) is 0 Å². The standard InChI is InChI=1S/C54H37NS/c1-4-13-38(14-5-1)43-19-10-21-45(35-43)41-25-30-48(31-26-41)55(49-32-27-42(28-33-49)46-22-11-20-44(36-46)39-15-6-2-7-16-39)52-24-12-23-51-50-34-29-47(37-53(50)56-54(51)52)40-17-8-3-9-18-40/h1-37H. The van der Waals surface area contributed by atoms with Gasteiger partial charge < -0.3 is 4.90 Å². The number of nitrogens with zero attached hydrogens (tertiary/aromatic N) is 1. The highest BCUT2D eigenvalue weighted by molar-refractivity contribution is 7.26. The first-order valence-electron chi connectivity index (χ1n) is 19.1.